The molecule has 0 aliphatic carbocycles. The average molecular weight is 375 g/mol. The van der Waals surface area contributed by atoms with Crippen molar-refractivity contribution in [2.75, 3.05) is 0 Å². The van der Waals surface area contributed by atoms with Gasteiger partial charge < -0.3 is 0 Å². The molecule has 0 aromatic rings. The number of hydrogen-bond donors (Lipinski definition) is 0. The molecule has 0 fully saturated rings. The highest BCUT2D eigenvalue weighted by Crippen LogP contribution is 2.30. The molecular formula is C25H46N2. The maximum absolute atomic E-state index is 9.55. The Bertz CT molecular complexity index is 350. The van der Waals surface area contributed by atoms with Crippen molar-refractivity contribution in [2.45, 2.75) is 142 Å². The number of rotatable bonds is 20. The third kappa shape index (κ3) is 15.7. The summed E-state index contributed by atoms with van der Waals surface area (Å²) in [6.45, 7) is 4.51. The standard InChI is InChI=1S/C25H46N2/c1-3-5-7-9-11-13-15-17-19-21-25(23-26,24-27)22-20-18-16-14-12-10-8-6-4-2/h3-22H2,1-2H3. The summed E-state index contributed by atoms with van der Waals surface area (Å²) in [4.78, 5) is 0. The Morgan fingerprint density at radius 2 is 0.704 bits per heavy atom. The fraction of sp³-hybridized carbons (Fsp3) is 0.920. The van der Waals surface area contributed by atoms with Crippen LogP contribution in [0.25, 0.3) is 0 Å². The lowest BCUT2D eigenvalue weighted by molar-refractivity contribution is 0.390. The lowest BCUT2D eigenvalue weighted by atomic mass is 9.80. The Hall–Kier alpha value is -1.02. The highest BCUT2D eigenvalue weighted by atomic mass is 14.4. The fourth-order valence-electron chi connectivity index (χ4n) is 3.85. The van der Waals surface area contributed by atoms with Crippen LogP contribution in [-0.4, -0.2) is 0 Å². The average Bonchev–Trinajstić information content (AvgIpc) is 2.70. The van der Waals surface area contributed by atoms with Crippen LogP contribution in [0.1, 0.15) is 142 Å². The molecule has 0 saturated heterocycles. The minimum atomic E-state index is -0.720. The van der Waals surface area contributed by atoms with Crippen molar-refractivity contribution >= 4 is 0 Å². The maximum Gasteiger partial charge on any atom is 0.143 e. The number of nitriles is 2. The van der Waals surface area contributed by atoms with Gasteiger partial charge >= 0.3 is 0 Å². The normalized spacial score (nSPS) is 11.3. The molecule has 0 unspecified atom stereocenters. The van der Waals surface area contributed by atoms with Gasteiger partial charge in [0.05, 0.1) is 12.1 Å². The molecule has 0 rings (SSSR count). The van der Waals surface area contributed by atoms with E-state index in [2.05, 4.69) is 26.0 Å². The van der Waals surface area contributed by atoms with E-state index < -0.39 is 5.41 Å². The Balaban J connectivity index is 3.71. The van der Waals surface area contributed by atoms with Crippen LogP contribution in [0, 0.1) is 28.1 Å². The predicted octanol–water partition coefficient (Wildman–Crippen LogP) is 8.86. The molecule has 0 radical (unpaired) electrons. The van der Waals surface area contributed by atoms with E-state index >= 15 is 0 Å². The second-order valence-electron chi connectivity index (χ2n) is 8.46. The van der Waals surface area contributed by atoms with Crippen LogP contribution < -0.4 is 0 Å². The van der Waals surface area contributed by atoms with Gasteiger partial charge in [0.25, 0.3) is 0 Å². The van der Waals surface area contributed by atoms with E-state index in [9.17, 15) is 10.5 Å². The van der Waals surface area contributed by atoms with Crippen molar-refractivity contribution in [3.63, 3.8) is 0 Å². The van der Waals surface area contributed by atoms with Crippen molar-refractivity contribution in [3.8, 4) is 12.1 Å². The summed E-state index contributed by atoms with van der Waals surface area (Å²) >= 11 is 0. The molecule has 0 heterocycles. The topological polar surface area (TPSA) is 47.6 Å². The second-order valence-corrected chi connectivity index (χ2v) is 8.46. The summed E-state index contributed by atoms with van der Waals surface area (Å²) < 4.78 is 0. The van der Waals surface area contributed by atoms with Gasteiger partial charge in [-0.15, -0.1) is 0 Å². The minimum Gasteiger partial charge on any atom is -0.197 e. The number of hydrogen-bond acceptors (Lipinski definition) is 2. The van der Waals surface area contributed by atoms with Crippen LogP contribution in [0.3, 0.4) is 0 Å². The monoisotopic (exact) mass is 374 g/mol. The molecule has 2 nitrogen and oxygen atoms in total. The predicted molar refractivity (Wildman–Crippen MR) is 117 cm³/mol. The van der Waals surface area contributed by atoms with E-state index in [0.717, 1.165) is 25.7 Å². The van der Waals surface area contributed by atoms with E-state index in [1.54, 1.807) is 0 Å². The van der Waals surface area contributed by atoms with Crippen LogP contribution in [0.4, 0.5) is 0 Å². The van der Waals surface area contributed by atoms with E-state index in [4.69, 9.17) is 0 Å². The molecule has 0 atom stereocenters. The first-order valence-electron chi connectivity index (χ1n) is 12.1. The number of nitrogens with zero attached hydrogens (tertiary/aromatic N) is 2. The largest absolute Gasteiger partial charge is 0.197 e. The molecule has 0 bridgehead atoms. The van der Waals surface area contributed by atoms with Crippen LogP contribution in [0.15, 0.2) is 0 Å². The summed E-state index contributed by atoms with van der Waals surface area (Å²) in [7, 11) is 0. The van der Waals surface area contributed by atoms with Crippen LogP contribution >= 0.6 is 0 Å². The molecule has 0 aromatic carbocycles. The summed E-state index contributed by atoms with van der Waals surface area (Å²) in [5, 5.41) is 19.1. The molecule has 0 spiro atoms. The van der Waals surface area contributed by atoms with Crippen molar-refractivity contribution in [1.82, 2.24) is 0 Å². The van der Waals surface area contributed by atoms with Gasteiger partial charge in [-0.25, -0.2) is 0 Å². The zero-order valence-electron chi connectivity index (χ0n) is 18.5. The highest BCUT2D eigenvalue weighted by Gasteiger charge is 2.28. The van der Waals surface area contributed by atoms with E-state index in [-0.39, 0.29) is 0 Å². The molecule has 2 heteroatoms. The second kappa shape index (κ2) is 19.7. The maximum atomic E-state index is 9.55. The molecule has 0 aliphatic heterocycles. The van der Waals surface area contributed by atoms with Gasteiger partial charge in [0.15, 0.2) is 0 Å². The van der Waals surface area contributed by atoms with Gasteiger partial charge in [-0.3, -0.25) is 0 Å². The van der Waals surface area contributed by atoms with Crippen molar-refractivity contribution in [1.29, 1.82) is 10.5 Å². The lowest BCUT2D eigenvalue weighted by Crippen LogP contribution is -2.16. The molecule has 0 N–H and O–H groups in total. The first-order valence-corrected chi connectivity index (χ1v) is 12.1. The first-order chi connectivity index (χ1) is 13.2. The minimum absolute atomic E-state index is 0.720. The highest BCUT2D eigenvalue weighted by molar-refractivity contribution is 5.13. The van der Waals surface area contributed by atoms with Crippen molar-refractivity contribution in [3.05, 3.63) is 0 Å². The summed E-state index contributed by atoms with van der Waals surface area (Å²) in [6.07, 6.45) is 24.6. The third-order valence-corrected chi connectivity index (χ3v) is 5.84. The zero-order valence-corrected chi connectivity index (χ0v) is 18.5. The van der Waals surface area contributed by atoms with Crippen molar-refractivity contribution < 1.29 is 0 Å². The lowest BCUT2D eigenvalue weighted by Gasteiger charge is -2.18. The molecule has 0 aromatic heterocycles. The SMILES string of the molecule is CCCCCCCCCCCC(C#N)(C#N)CCCCCCCCCCC. The van der Waals surface area contributed by atoms with Crippen LogP contribution in [-0.2, 0) is 0 Å². The van der Waals surface area contributed by atoms with Gasteiger partial charge in [-0.05, 0) is 12.8 Å². The molecular weight excluding hydrogens is 328 g/mol. The first kappa shape index (κ1) is 26.0. The molecule has 0 saturated carbocycles. The Morgan fingerprint density at radius 1 is 0.444 bits per heavy atom. The molecule has 156 valence electrons. The molecule has 0 amide bonds. The Kier molecular flexibility index (Phi) is 19.0. The summed E-state index contributed by atoms with van der Waals surface area (Å²) in [5.74, 6) is 0. The van der Waals surface area contributed by atoms with Gasteiger partial charge in [0.2, 0.25) is 0 Å². The summed E-state index contributed by atoms with van der Waals surface area (Å²) in [5.41, 5.74) is -0.720. The van der Waals surface area contributed by atoms with E-state index in [0.29, 0.717) is 0 Å². The van der Waals surface area contributed by atoms with Gasteiger partial charge in [0.1, 0.15) is 5.41 Å². The van der Waals surface area contributed by atoms with Gasteiger partial charge in [0, 0.05) is 0 Å². The Morgan fingerprint density at radius 3 is 0.963 bits per heavy atom. The van der Waals surface area contributed by atoms with E-state index in [1.807, 2.05) is 0 Å². The third-order valence-electron chi connectivity index (χ3n) is 5.84. The fourth-order valence-corrected chi connectivity index (χ4v) is 3.85. The van der Waals surface area contributed by atoms with Crippen LogP contribution in [0.5, 0.6) is 0 Å². The Labute approximate surface area is 170 Å². The van der Waals surface area contributed by atoms with Gasteiger partial charge in [-0.2, -0.15) is 10.5 Å². The molecule has 27 heavy (non-hydrogen) atoms. The van der Waals surface area contributed by atoms with Gasteiger partial charge in [-0.1, -0.05) is 129 Å². The smallest absolute Gasteiger partial charge is 0.143 e. The number of unbranched alkanes of at least 4 members (excludes halogenated alkanes) is 16. The molecule has 0 aliphatic rings. The van der Waals surface area contributed by atoms with Crippen molar-refractivity contribution in [2.24, 2.45) is 5.41 Å². The quantitative estimate of drug-likeness (QED) is 0.200. The zero-order chi connectivity index (χ0) is 20.1. The summed E-state index contributed by atoms with van der Waals surface area (Å²) in [6, 6.07) is 4.71. The van der Waals surface area contributed by atoms with Crippen LogP contribution in [0.2, 0.25) is 0 Å². The van der Waals surface area contributed by atoms with E-state index in [1.165, 1.54) is 103 Å².